The number of aromatic nitrogens is 1. The van der Waals surface area contributed by atoms with Crippen LogP contribution < -0.4 is 9.64 Å². The maximum Gasteiger partial charge on any atom is 0.347 e. The lowest BCUT2D eigenvalue weighted by Gasteiger charge is -2.24. The first kappa shape index (κ1) is 20.7. The SMILES string of the molecule is CC(C)CCN(Cc1cccc(OC(C)(C)C(=O)O)c1)c1nc2ccccc2o1. The van der Waals surface area contributed by atoms with Crippen molar-refractivity contribution in [1.29, 1.82) is 0 Å². The number of hydrogen-bond acceptors (Lipinski definition) is 5. The molecule has 2 aromatic carbocycles. The minimum atomic E-state index is -1.30. The second-order valence-electron chi connectivity index (χ2n) is 8.13. The van der Waals surface area contributed by atoms with Crippen molar-refractivity contribution >= 4 is 23.1 Å². The molecule has 1 N–H and O–H groups in total. The topological polar surface area (TPSA) is 75.8 Å². The number of hydrogen-bond donors (Lipinski definition) is 1. The molecule has 0 aliphatic heterocycles. The molecule has 0 atom stereocenters. The highest BCUT2D eigenvalue weighted by molar-refractivity contribution is 5.76. The summed E-state index contributed by atoms with van der Waals surface area (Å²) in [5, 5.41) is 9.30. The number of rotatable bonds is 9. The van der Waals surface area contributed by atoms with E-state index in [0.717, 1.165) is 29.6 Å². The summed E-state index contributed by atoms with van der Waals surface area (Å²) in [7, 11) is 0. The predicted octanol–water partition coefficient (Wildman–Crippen LogP) is 5.12. The van der Waals surface area contributed by atoms with Crippen LogP contribution in [0.5, 0.6) is 5.75 Å². The molecule has 0 amide bonds. The Hall–Kier alpha value is -3.02. The number of carboxylic acid groups (broad SMARTS) is 1. The quantitative estimate of drug-likeness (QED) is 0.541. The van der Waals surface area contributed by atoms with Gasteiger partial charge in [0.25, 0.3) is 6.01 Å². The largest absolute Gasteiger partial charge is 0.478 e. The molecule has 154 valence electrons. The fourth-order valence-corrected chi connectivity index (χ4v) is 2.92. The number of oxazole rings is 1. The molecule has 0 aliphatic rings. The summed E-state index contributed by atoms with van der Waals surface area (Å²) in [4.78, 5) is 18.1. The van der Waals surface area contributed by atoms with Crippen molar-refractivity contribution in [2.45, 2.75) is 46.3 Å². The van der Waals surface area contributed by atoms with Gasteiger partial charge in [0, 0.05) is 13.1 Å². The Labute approximate surface area is 171 Å². The summed E-state index contributed by atoms with van der Waals surface area (Å²) < 4.78 is 11.7. The molecule has 0 saturated carbocycles. The smallest absolute Gasteiger partial charge is 0.347 e. The molecule has 29 heavy (non-hydrogen) atoms. The van der Waals surface area contributed by atoms with Crippen LogP contribution in [0.25, 0.3) is 11.1 Å². The molecule has 0 unspecified atom stereocenters. The molecule has 0 radical (unpaired) electrons. The summed E-state index contributed by atoms with van der Waals surface area (Å²) in [6.07, 6.45) is 1.00. The molecule has 1 heterocycles. The zero-order valence-electron chi connectivity index (χ0n) is 17.4. The van der Waals surface area contributed by atoms with Crippen molar-refractivity contribution in [2.75, 3.05) is 11.4 Å². The second-order valence-corrected chi connectivity index (χ2v) is 8.13. The van der Waals surface area contributed by atoms with Gasteiger partial charge < -0.3 is 19.2 Å². The number of para-hydroxylation sites is 2. The number of nitrogens with zero attached hydrogens (tertiary/aromatic N) is 2. The molecule has 3 rings (SSSR count). The van der Waals surface area contributed by atoms with E-state index in [1.54, 1.807) is 6.07 Å². The zero-order chi connectivity index (χ0) is 21.0. The summed E-state index contributed by atoms with van der Waals surface area (Å²) >= 11 is 0. The van der Waals surface area contributed by atoms with Crippen LogP contribution in [-0.2, 0) is 11.3 Å². The predicted molar refractivity (Wildman–Crippen MR) is 113 cm³/mol. The van der Waals surface area contributed by atoms with Gasteiger partial charge in [0.1, 0.15) is 11.3 Å². The van der Waals surface area contributed by atoms with Crippen molar-refractivity contribution in [3.63, 3.8) is 0 Å². The van der Waals surface area contributed by atoms with Gasteiger partial charge in [0.15, 0.2) is 11.2 Å². The fourth-order valence-electron chi connectivity index (χ4n) is 2.92. The number of benzene rings is 2. The molecular weight excluding hydrogens is 368 g/mol. The van der Waals surface area contributed by atoms with Gasteiger partial charge in [-0.1, -0.05) is 38.1 Å². The summed E-state index contributed by atoms with van der Waals surface area (Å²) in [5.41, 5.74) is 1.29. The molecule has 0 saturated heterocycles. The number of carboxylic acids is 1. The molecule has 0 aliphatic carbocycles. The molecule has 0 spiro atoms. The van der Waals surface area contributed by atoms with Crippen LogP contribution in [0.1, 0.15) is 39.7 Å². The molecule has 3 aromatic rings. The van der Waals surface area contributed by atoms with Gasteiger partial charge >= 0.3 is 5.97 Å². The average molecular weight is 396 g/mol. The maximum absolute atomic E-state index is 11.4. The van der Waals surface area contributed by atoms with Crippen molar-refractivity contribution < 1.29 is 19.1 Å². The first-order valence-corrected chi connectivity index (χ1v) is 9.86. The highest BCUT2D eigenvalue weighted by Crippen LogP contribution is 2.26. The van der Waals surface area contributed by atoms with Crippen molar-refractivity contribution in [1.82, 2.24) is 4.98 Å². The third-order valence-corrected chi connectivity index (χ3v) is 4.69. The maximum atomic E-state index is 11.4. The minimum absolute atomic E-state index is 0.524. The van der Waals surface area contributed by atoms with E-state index in [9.17, 15) is 9.90 Å². The Balaban J connectivity index is 1.84. The molecule has 1 aromatic heterocycles. The number of anilines is 1. The van der Waals surface area contributed by atoms with Crippen LogP contribution in [0.3, 0.4) is 0 Å². The van der Waals surface area contributed by atoms with Crippen molar-refractivity contribution in [3.8, 4) is 5.75 Å². The van der Waals surface area contributed by atoms with E-state index in [4.69, 9.17) is 9.15 Å². The number of ether oxygens (including phenoxy) is 1. The standard InChI is InChI=1S/C23H28N2O4/c1-16(2)12-13-25(22-24-19-10-5-6-11-20(19)28-22)15-17-8-7-9-18(14-17)29-23(3,4)21(26)27/h5-11,14,16H,12-13,15H2,1-4H3,(H,26,27). The van der Waals surface area contributed by atoms with E-state index in [0.29, 0.717) is 24.2 Å². The summed E-state index contributed by atoms with van der Waals surface area (Å²) in [6, 6.07) is 15.8. The van der Waals surface area contributed by atoms with Gasteiger partial charge in [0.2, 0.25) is 0 Å². The van der Waals surface area contributed by atoms with Crippen LogP contribution in [0, 0.1) is 5.92 Å². The normalized spacial score (nSPS) is 11.8. The molecule has 0 fully saturated rings. The second kappa shape index (κ2) is 8.55. The van der Waals surface area contributed by atoms with E-state index in [-0.39, 0.29) is 0 Å². The van der Waals surface area contributed by atoms with Gasteiger partial charge in [-0.05, 0) is 56.0 Å². The Kier molecular flexibility index (Phi) is 6.11. The average Bonchev–Trinajstić information content (AvgIpc) is 3.09. The molecule has 6 heteroatoms. The van der Waals surface area contributed by atoms with E-state index in [1.165, 1.54) is 13.8 Å². The minimum Gasteiger partial charge on any atom is -0.478 e. The lowest BCUT2D eigenvalue weighted by molar-refractivity contribution is -0.152. The van der Waals surface area contributed by atoms with Gasteiger partial charge in [-0.25, -0.2) is 4.79 Å². The fraction of sp³-hybridized carbons (Fsp3) is 0.391. The lowest BCUT2D eigenvalue weighted by atomic mass is 10.1. The molecule has 6 nitrogen and oxygen atoms in total. The Morgan fingerprint density at radius 1 is 1.21 bits per heavy atom. The van der Waals surface area contributed by atoms with Crippen molar-refractivity contribution in [3.05, 3.63) is 54.1 Å². The highest BCUT2D eigenvalue weighted by atomic mass is 16.5. The van der Waals surface area contributed by atoms with Crippen LogP contribution in [0.15, 0.2) is 52.9 Å². The summed E-state index contributed by atoms with van der Waals surface area (Å²) in [5.74, 6) is 0.0668. The van der Waals surface area contributed by atoms with Gasteiger partial charge in [-0.3, -0.25) is 0 Å². The molecular formula is C23H28N2O4. The van der Waals surface area contributed by atoms with Gasteiger partial charge in [0.05, 0.1) is 0 Å². The van der Waals surface area contributed by atoms with E-state index < -0.39 is 11.6 Å². The van der Waals surface area contributed by atoms with Crippen LogP contribution in [0.4, 0.5) is 6.01 Å². The van der Waals surface area contributed by atoms with Crippen LogP contribution >= 0.6 is 0 Å². The number of fused-ring (bicyclic) bond motifs is 1. The lowest BCUT2D eigenvalue weighted by Crippen LogP contribution is -2.37. The number of carbonyl (C=O) groups is 1. The van der Waals surface area contributed by atoms with E-state index in [1.807, 2.05) is 42.5 Å². The Bertz CT molecular complexity index is 945. The summed E-state index contributed by atoms with van der Waals surface area (Å²) in [6.45, 7) is 8.84. The first-order valence-electron chi connectivity index (χ1n) is 9.86. The first-order chi connectivity index (χ1) is 13.7. The van der Waals surface area contributed by atoms with Crippen molar-refractivity contribution in [2.24, 2.45) is 5.92 Å². The van der Waals surface area contributed by atoms with Gasteiger partial charge in [-0.15, -0.1) is 0 Å². The highest BCUT2D eigenvalue weighted by Gasteiger charge is 2.29. The van der Waals surface area contributed by atoms with E-state index in [2.05, 4.69) is 23.7 Å². The Morgan fingerprint density at radius 3 is 2.66 bits per heavy atom. The molecule has 0 bridgehead atoms. The van der Waals surface area contributed by atoms with Crippen LogP contribution in [0.2, 0.25) is 0 Å². The monoisotopic (exact) mass is 396 g/mol. The number of aliphatic carboxylic acids is 1. The third-order valence-electron chi connectivity index (χ3n) is 4.69. The zero-order valence-corrected chi connectivity index (χ0v) is 17.4. The third kappa shape index (κ3) is 5.28. The van der Waals surface area contributed by atoms with Crippen LogP contribution in [-0.4, -0.2) is 28.2 Å². The van der Waals surface area contributed by atoms with E-state index >= 15 is 0 Å². The Morgan fingerprint density at radius 2 is 1.97 bits per heavy atom. The van der Waals surface area contributed by atoms with Gasteiger partial charge in [-0.2, -0.15) is 4.98 Å².